The summed E-state index contributed by atoms with van der Waals surface area (Å²) in [5.74, 6) is 1.58. The molecule has 2 aliphatic rings. The number of aromatic nitrogens is 2. The average molecular weight is 400 g/mol. The van der Waals surface area contributed by atoms with Crippen LogP contribution in [0.25, 0.3) is 0 Å². The minimum Gasteiger partial charge on any atom is -0.487 e. The molecule has 1 spiro atoms. The van der Waals surface area contributed by atoms with Crippen molar-refractivity contribution in [2.24, 2.45) is 0 Å². The Balaban J connectivity index is 1.36. The average Bonchev–Trinajstić information content (AvgIpc) is 2.81. The van der Waals surface area contributed by atoms with Crippen LogP contribution < -0.4 is 15.0 Å². The molecule has 1 fully saturated rings. The van der Waals surface area contributed by atoms with E-state index in [-0.39, 0.29) is 17.6 Å². The Morgan fingerprint density at radius 2 is 1.67 bits per heavy atom. The molecule has 1 amide bonds. The van der Waals surface area contributed by atoms with Crippen LogP contribution in [0.2, 0.25) is 0 Å². The maximum Gasteiger partial charge on any atom is 0.251 e. The summed E-state index contributed by atoms with van der Waals surface area (Å²) in [6, 6.07) is 19.2. The van der Waals surface area contributed by atoms with Crippen molar-refractivity contribution >= 4 is 11.9 Å². The highest BCUT2D eigenvalue weighted by Gasteiger charge is 2.44. The third-order valence-electron chi connectivity index (χ3n) is 6.05. The predicted molar refractivity (Wildman–Crippen MR) is 115 cm³/mol. The molecule has 1 aromatic heterocycles. The Morgan fingerprint density at radius 3 is 2.43 bits per heavy atom. The van der Waals surface area contributed by atoms with Gasteiger partial charge in [0.2, 0.25) is 5.95 Å². The number of fused-ring (bicyclic) bond motifs is 1. The summed E-state index contributed by atoms with van der Waals surface area (Å²) in [6.07, 6.45) is 6.02. The fourth-order valence-electron chi connectivity index (χ4n) is 4.45. The Bertz CT molecular complexity index is 1020. The molecule has 1 saturated heterocycles. The Morgan fingerprint density at radius 1 is 0.967 bits per heavy atom. The molecule has 3 aromatic rings. The number of nitrogens with zero attached hydrogens (tertiary/aromatic N) is 3. The molecule has 3 heterocycles. The number of benzene rings is 2. The molecule has 0 saturated carbocycles. The molecule has 1 unspecified atom stereocenters. The molecular weight excluding hydrogens is 376 g/mol. The lowest BCUT2D eigenvalue weighted by atomic mass is 9.80. The van der Waals surface area contributed by atoms with Gasteiger partial charge >= 0.3 is 0 Å². The molecule has 0 aliphatic carbocycles. The van der Waals surface area contributed by atoms with Crippen LogP contribution >= 0.6 is 0 Å². The van der Waals surface area contributed by atoms with Crippen molar-refractivity contribution in [1.29, 1.82) is 0 Å². The highest BCUT2D eigenvalue weighted by molar-refractivity contribution is 5.94. The summed E-state index contributed by atoms with van der Waals surface area (Å²) in [6.45, 7) is 1.65. The van der Waals surface area contributed by atoms with Crippen molar-refractivity contribution in [3.05, 3.63) is 84.2 Å². The molecule has 6 heteroatoms. The van der Waals surface area contributed by atoms with Gasteiger partial charge in [0.25, 0.3) is 5.91 Å². The molecule has 0 bridgehead atoms. The smallest absolute Gasteiger partial charge is 0.251 e. The van der Waals surface area contributed by atoms with Crippen LogP contribution in [0.4, 0.5) is 5.95 Å². The van der Waals surface area contributed by atoms with Gasteiger partial charge < -0.3 is 15.0 Å². The molecule has 2 aromatic carbocycles. The van der Waals surface area contributed by atoms with Gasteiger partial charge in [-0.2, -0.15) is 0 Å². The molecule has 6 nitrogen and oxygen atoms in total. The Hall–Kier alpha value is -3.41. The fourth-order valence-corrected chi connectivity index (χ4v) is 4.45. The maximum absolute atomic E-state index is 12.9. The summed E-state index contributed by atoms with van der Waals surface area (Å²) in [7, 11) is 0. The van der Waals surface area contributed by atoms with Gasteiger partial charge in [0.15, 0.2) is 0 Å². The number of hydrogen-bond acceptors (Lipinski definition) is 5. The van der Waals surface area contributed by atoms with Crippen molar-refractivity contribution in [2.45, 2.75) is 30.9 Å². The molecule has 5 rings (SSSR count). The lowest BCUT2D eigenvalue weighted by Crippen LogP contribution is -2.52. The number of ether oxygens (including phenoxy) is 1. The van der Waals surface area contributed by atoms with E-state index in [0.29, 0.717) is 5.56 Å². The van der Waals surface area contributed by atoms with E-state index in [9.17, 15) is 4.79 Å². The number of amides is 1. The highest BCUT2D eigenvalue weighted by atomic mass is 16.5. The first-order valence-electron chi connectivity index (χ1n) is 10.4. The number of piperidine rings is 1. The highest BCUT2D eigenvalue weighted by Crippen LogP contribution is 2.44. The van der Waals surface area contributed by atoms with Gasteiger partial charge in [-0.15, -0.1) is 0 Å². The lowest BCUT2D eigenvalue weighted by molar-refractivity contribution is 0.00846. The van der Waals surface area contributed by atoms with Crippen LogP contribution in [-0.2, 0) is 0 Å². The number of anilines is 1. The van der Waals surface area contributed by atoms with E-state index in [0.717, 1.165) is 49.6 Å². The second-order valence-corrected chi connectivity index (χ2v) is 7.95. The minimum absolute atomic E-state index is 0.0532. The van der Waals surface area contributed by atoms with Crippen LogP contribution in [-0.4, -0.2) is 34.6 Å². The number of carbonyl (C=O) groups is 1. The van der Waals surface area contributed by atoms with Gasteiger partial charge in [0.1, 0.15) is 11.4 Å². The second kappa shape index (κ2) is 7.78. The standard InChI is InChI=1S/C24H24N4O2/c29-22(18-7-2-1-3-8-18)27-20-17-24(30-21-10-5-4-9-19(20)21)11-15-28(16-12-24)23-25-13-6-14-26-23/h1-10,13-14,20H,11-12,15-17H2,(H,27,29). The van der Waals surface area contributed by atoms with Crippen LogP contribution in [0, 0.1) is 0 Å². The zero-order valence-corrected chi connectivity index (χ0v) is 16.7. The van der Waals surface area contributed by atoms with E-state index in [1.165, 1.54) is 0 Å². The van der Waals surface area contributed by atoms with Crippen molar-refractivity contribution in [2.75, 3.05) is 18.0 Å². The number of nitrogens with one attached hydrogen (secondary N) is 1. The summed E-state index contributed by atoms with van der Waals surface area (Å²) >= 11 is 0. The van der Waals surface area contributed by atoms with Gasteiger partial charge in [0.05, 0.1) is 6.04 Å². The Labute approximate surface area is 175 Å². The largest absolute Gasteiger partial charge is 0.487 e. The number of hydrogen-bond donors (Lipinski definition) is 1. The summed E-state index contributed by atoms with van der Waals surface area (Å²) in [5.41, 5.74) is 1.42. The van der Waals surface area contributed by atoms with E-state index >= 15 is 0 Å². The number of para-hydroxylation sites is 1. The molecule has 2 aliphatic heterocycles. The van der Waals surface area contributed by atoms with Crippen molar-refractivity contribution in [3.8, 4) is 5.75 Å². The van der Waals surface area contributed by atoms with Gasteiger partial charge in [-0.25, -0.2) is 9.97 Å². The normalized spacial score (nSPS) is 19.6. The molecule has 30 heavy (non-hydrogen) atoms. The SMILES string of the molecule is O=C(NC1CC2(CCN(c3ncccn3)CC2)Oc2ccccc21)c1ccccc1. The summed E-state index contributed by atoms with van der Waals surface area (Å²) < 4.78 is 6.54. The molecule has 152 valence electrons. The van der Waals surface area contributed by atoms with Crippen molar-refractivity contribution in [1.82, 2.24) is 15.3 Å². The summed E-state index contributed by atoms with van der Waals surface area (Å²) in [4.78, 5) is 23.8. The lowest BCUT2D eigenvalue weighted by Gasteiger charge is -2.47. The maximum atomic E-state index is 12.9. The zero-order chi connectivity index (χ0) is 20.4. The molecule has 1 atom stereocenters. The van der Waals surface area contributed by atoms with Gasteiger partial charge in [-0.3, -0.25) is 4.79 Å². The second-order valence-electron chi connectivity index (χ2n) is 7.95. The van der Waals surface area contributed by atoms with E-state index in [4.69, 9.17) is 4.74 Å². The topological polar surface area (TPSA) is 67.4 Å². The van der Waals surface area contributed by atoms with Crippen molar-refractivity contribution < 1.29 is 9.53 Å². The first-order valence-corrected chi connectivity index (χ1v) is 10.4. The third-order valence-corrected chi connectivity index (χ3v) is 6.05. The molecule has 1 N–H and O–H groups in total. The summed E-state index contributed by atoms with van der Waals surface area (Å²) in [5, 5.41) is 3.25. The molecule has 0 radical (unpaired) electrons. The van der Waals surface area contributed by atoms with E-state index in [1.807, 2.05) is 60.7 Å². The van der Waals surface area contributed by atoms with Crippen LogP contribution in [0.15, 0.2) is 73.1 Å². The number of rotatable bonds is 3. The number of carbonyl (C=O) groups excluding carboxylic acids is 1. The predicted octanol–water partition coefficient (Wildman–Crippen LogP) is 3.77. The quantitative estimate of drug-likeness (QED) is 0.725. The third kappa shape index (κ3) is 3.61. The van der Waals surface area contributed by atoms with Crippen LogP contribution in [0.1, 0.15) is 41.2 Å². The van der Waals surface area contributed by atoms with E-state index < -0.39 is 0 Å². The van der Waals surface area contributed by atoms with E-state index in [2.05, 4.69) is 20.2 Å². The minimum atomic E-state index is -0.297. The Kier molecular flexibility index (Phi) is 4.83. The van der Waals surface area contributed by atoms with Crippen LogP contribution in [0.5, 0.6) is 5.75 Å². The van der Waals surface area contributed by atoms with Crippen LogP contribution in [0.3, 0.4) is 0 Å². The molecular formula is C24H24N4O2. The first kappa shape index (κ1) is 18.6. The van der Waals surface area contributed by atoms with Gasteiger partial charge in [-0.05, 0) is 24.3 Å². The van der Waals surface area contributed by atoms with Gasteiger partial charge in [-0.1, -0.05) is 36.4 Å². The van der Waals surface area contributed by atoms with Gasteiger partial charge in [0, 0.05) is 55.9 Å². The monoisotopic (exact) mass is 400 g/mol. The van der Waals surface area contributed by atoms with E-state index in [1.54, 1.807) is 12.4 Å². The zero-order valence-electron chi connectivity index (χ0n) is 16.7. The fraction of sp³-hybridized carbons (Fsp3) is 0.292. The first-order chi connectivity index (χ1) is 14.7. The van der Waals surface area contributed by atoms with Crippen molar-refractivity contribution in [3.63, 3.8) is 0 Å².